The topological polar surface area (TPSA) is 78.9 Å². The van der Waals surface area contributed by atoms with Crippen LogP contribution in [0.25, 0.3) is 0 Å². The van der Waals surface area contributed by atoms with Gasteiger partial charge in [0.1, 0.15) is 13.2 Å². The zero-order valence-electron chi connectivity index (χ0n) is 43.8. The molecule has 0 N–H and O–H groups in total. The zero-order valence-corrected chi connectivity index (χ0v) is 43.8. The molecule has 0 saturated carbocycles. The highest BCUT2D eigenvalue weighted by molar-refractivity contribution is 5.71. The minimum atomic E-state index is -0.761. The van der Waals surface area contributed by atoms with E-state index in [1.54, 1.807) is 0 Å². The molecule has 0 radical (unpaired) electrons. The third-order valence-corrected chi connectivity index (χ3v) is 13.7. The zero-order chi connectivity index (χ0) is 46.7. The van der Waals surface area contributed by atoms with Crippen molar-refractivity contribution < 1.29 is 28.6 Å². The first-order valence-electron chi connectivity index (χ1n) is 28.9. The molecule has 0 rings (SSSR count). The van der Waals surface area contributed by atoms with E-state index in [4.69, 9.17) is 14.2 Å². The lowest BCUT2D eigenvalue weighted by Gasteiger charge is -2.18. The summed E-state index contributed by atoms with van der Waals surface area (Å²) < 4.78 is 16.9. The van der Waals surface area contributed by atoms with Gasteiger partial charge in [-0.25, -0.2) is 0 Å². The van der Waals surface area contributed by atoms with Crippen LogP contribution in [0.5, 0.6) is 0 Å². The predicted molar refractivity (Wildman–Crippen MR) is 275 cm³/mol. The van der Waals surface area contributed by atoms with Crippen LogP contribution >= 0.6 is 0 Å². The summed E-state index contributed by atoms with van der Waals surface area (Å²) in [6.07, 6.45) is 56.6. The fourth-order valence-corrected chi connectivity index (χ4v) is 8.89. The van der Waals surface area contributed by atoms with Crippen LogP contribution < -0.4 is 0 Å². The number of ether oxygens (including phenoxy) is 3. The van der Waals surface area contributed by atoms with Crippen molar-refractivity contribution in [3.63, 3.8) is 0 Å². The summed E-state index contributed by atoms with van der Waals surface area (Å²) in [4.78, 5) is 38.1. The molecule has 0 aliphatic heterocycles. The lowest BCUT2D eigenvalue weighted by Crippen LogP contribution is -2.30. The van der Waals surface area contributed by atoms with E-state index in [0.29, 0.717) is 19.3 Å². The second-order valence-corrected chi connectivity index (χ2v) is 20.2. The Bertz CT molecular complexity index is 966. The lowest BCUT2D eigenvalue weighted by molar-refractivity contribution is -0.167. The van der Waals surface area contributed by atoms with Gasteiger partial charge in [0.25, 0.3) is 0 Å². The number of unbranched alkanes of at least 4 members (excludes halogenated alkanes) is 39. The summed E-state index contributed by atoms with van der Waals surface area (Å²) in [5, 5.41) is 0. The van der Waals surface area contributed by atoms with Crippen molar-refractivity contribution >= 4 is 17.9 Å². The summed E-state index contributed by atoms with van der Waals surface area (Å²) in [6, 6.07) is 0. The van der Waals surface area contributed by atoms with Crippen molar-refractivity contribution in [3.05, 3.63) is 0 Å². The Morgan fingerprint density at radius 3 is 0.812 bits per heavy atom. The molecule has 0 heterocycles. The number of hydrogen-bond acceptors (Lipinski definition) is 6. The van der Waals surface area contributed by atoms with Crippen LogP contribution in [0.2, 0.25) is 0 Å². The molecule has 0 aromatic carbocycles. The summed E-state index contributed by atoms with van der Waals surface area (Å²) in [6.45, 7) is 9.09. The van der Waals surface area contributed by atoms with E-state index in [9.17, 15) is 14.4 Å². The molecule has 380 valence electrons. The van der Waals surface area contributed by atoms with E-state index in [0.717, 1.165) is 63.7 Å². The average Bonchev–Trinajstić information content (AvgIpc) is 3.29. The maximum Gasteiger partial charge on any atom is 0.306 e. The standard InChI is InChI=1S/C58H112O6/c1-5-8-10-12-14-16-18-19-20-21-22-26-30-33-37-41-45-49-56(59)62-52-55(64-58(61)51-47-43-39-35-28-17-15-13-11-9-6-2)53-63-57(60)50-46-42-38-34-31-27-24-23-25-29-32-36-40-44-48-54(4)7-3/h54-55H,5-53H2,1-4H3/t54?,55-/m1/s1. The summed E-state index contributed by atoms with van der Waals surface area (Å²) in [7, 11) is 0. The molecule has 1 unspecified atom stereocenters. The molecule has 0 aliphatic carbocycles. The third-order valence-electron chi connectivity index (χ3n) is 13.7. The average molecular weight is 906 g/mol. The summed E-state index contributed by atoms with van der Waals surface area (Å²) in [5.41, 5.74) is 0. The van der Waals surface area contributed by atoms with E-state index < -0.39 is 6.10 Å². The Morgan fingerprint density at radius 1 is 0.312 bits per heavy atom. The van der Waals surface area contributed by atoms with Gasteiger partial charge in [0.15, 0.2) is 6.10 Å². The van der Waals surface area contributed by atoms with Gasteiger partial charge < -0.3 is 14.2 Å². The first-order chi connectivity index (χ1) is 31.4. The SMILES string of the molecule is CCCCCCCCCCCCCCCCCCCC(=O)OC[C@H](COC(=O)CCCCCCCCCCCCCCCCC(C)CC)OC(=O)CCCCCCCCCCCCC. The van der Waals surface area contributed by atoms with Gasteiger partial charge in [-0.2, -0.15) is 0 Å². The Hall–Kier alpha value is -1.59. The van der Waals surface area contributed by atoms with Crippen LogP contribution in [0, 0.1) is 5.92 Å². The molecule has 6 nitrogen and oxygen atoms in total. The Kier molecular flexibility index (Phi) is 51.1. The fourth-order valence-electron chi connectivity index (χ4n) is 8.89. The second kappa shape index (κ2) is 52.4. The Balaban J connectivity index is 4.24. The molecule has 0 saturated heterocycles. The maximum absolute atomic E-state index is 12.8. The quantitative estimate of drug-likeness (QED) is 0.0344. The van der Waals surface area contributed by atoms with Gasteiger partial charge in [-0.05, 0) is 25.2 Å². The lowest BCUT2D eigenvalue weighted by atomic mass is 9.99. The number of carbonyl (C=O) groups excluding carboxylic acids is 3. The molecule has 0 fully saturated rings. The Labute approximate surface area is 399 Å². The largest absolute Gasteiger partial charge is 0.462 e. The first-order valence-corrected chi connectivity index (χ1v) is 28.9. The van der Waals surface area contributed by atoms with Crippen molar-refractivity contribution in [1.82, 2.24) is 0 Å². The molecule has 0 aromatic rings. The number of hydrogen-bond donors (Lipinski definition) is 0. The van der Waals surface area contributed by atoms with Crippen molar-refractivity contribution in [2.45, 2.75) is 336 Å². The van der Waals surface area contributed by atoms with Gasteiger partial charge in [0, 0.05) is 19.3 Å². The van der Waals surface area contributed by atoms with Crippen molar-refractivity contribution in [2.75, 3.05) is 13.2 Å². The monoisotopic (exact) mass is 905 g/mol. The van der Waals surface area contributed by atoms with E-state index in [1.165, 1.54) is 225 Å². The first kappa shape index (κ1) is 62.4. The highest BCUT2D eigenvalue weighted by atomic mass is 16.6. The molecule has 64 heavy (non-hydrogen) atoms. The van der Waals surface area contributed by atoms with Crippen molar-refractivity contribution in [2.24, 2.45) is 5.92 Å². The van der Waals surface area contributed by atoms with Gasteiger partial charge in [-0.3, -0.25) is 14.4 Å². The predicted octanol–water partition coefficient (Wildman–Crippen LogP) is 19.0. The molecular weight excluding hydrogens is 793 g/mol. The molecule has 0 amide bonds. The molecule has 2 atom stereocenters. The summed E-state index contributed by atoms with van der Waals surface area (Å²) in [5.74, 6) is 0.0592. The van der Waals surface area contributed by atoms with E-state index >= 15 is 0 Å². The van der Waals surface area contributed by atoms with Crippen LogP contribution in [-0.2, 0) is 28.6 Å². The molecular formula is C58H112O6. The van der Waals surface area contributed by atoms with Crippen LogP contribution in [0.3, 0.4) is 0 Å². The molecule has 0 aliphatic rings. The minimum absolute atomic E-state index is 0.0619. The second-order valence-electron chi connectivity index (χ2n) is 20.2. The highest BCUT2D eigenvalue weighted by Crippen LogP contribution is 2.18. The van der Waals surface area contributed by atoms with Crippen molar-refractivity contribution in [3.8, 4) is 0 Å². The minimum Gasteiger partial charge on any atom is -0.462 e. The van der Waals surface area contributed by atoms with E-state index in [1.807, 2.05) is 0 Å². The van der Waals surface area contributed by atoms with Gasteiger partial charge in [0.2, 0.25) is 0 Å². The number of esters is 3. The molecule has 0 bridgehead atoms. The van der Waals surface area contributed by atoms with Gasteiger partial charge in [-0.1, -0.05) is 291 Å². The smallest absolute Gasteiger partial charge is 0.306 e. The maximum atomic E-state index is 12.8. The molecule has 0 aromatic heterocycles. The molecule has 0 spiro atoms. The van der Waals surface area contributed by atoms with Crippen LogP contribution in [0.4, 0.5) is 0 Å². The van der Waals surface area contributed by atoms with Crippen LogP contribution in [0.1, 0.15) is 329 Å². The highest BCUT2D eigenvalue weighted by Gasteiger charge is 2.19. The Morgan fingerprint density at radius 2 is 0.547 bits per heavy atom. The van der Waals surface area contributed by atoms with Gasteiger partial charge in [0.05, 0.1) is 0 Å². The van der Waals surface area contributed by atoms with Gasteiger partial charge in [-0.15, -0.1) is 0 Å². The van der Waals surface area contributed by atoms with Crippen LogP contribution in [-0.4, -0.2) is 37.2 Å². The fraction of sp³-hybridized carbons (Fsp3) is 0.948. The summed E-state index contributed by atoms with van der Waals surface area (Å²) >= 11 is 0. The number of carbonyl (C=O) groups is 3. The molecule has 6 heteroatoms. The van der Waals surface area contributed by atoms with Crippen LogP contribution in [0.15, 0.2) is 0 Å². The van der Waals surface area contributed by atoms with E-state index in [-0.39, 0.29) is 31.1 Å². The van der Waals surface area contributed by atoms with Gasteiger partial charge >= 0.3 is 17.9 Å². The van der Waals surface area contributed by atoms with E-state index in [2.05, 4.69) is 27.7 Å². The third kappa shape index (κ3) is 49.8. The normalized spacial score (nSPS) is 12.4. The number of rotatable bonds is 53. The van der Waals surface area contributed by atoms with Crippen molar-refractivity contribution in [1.29, 1.82) is 0 Å².